The van der Waals surface area contributed by atoms with Crippen LogP contribution in [0.1, 0.15) is 16.1 Å². The van der Waals surface area contributed by atoms with Gasteiger partial charge in [0.2, 0.25) is 5.91 Å². The van der Waals surface area contributed by atoms with Crippen LogP contribution in [0, 0.1) is 10.1 Å². The van der Waals surface area contributed by atoms with Gasteiger partial charge in [0.25, 0.3) is 5.91 Å². The maximum Gasteiger partial charge on any atom is 0.311 e. The normalized spacial score (nSPS) is 13.9. The first-order valence-electron chi connectivity index (χ1n) is 8.79. The summed E-state index contributed by atoms with van der Waals surface area (Å²) in [5.41, 5.74) is 0.676. The van der Waals surface area contributed by atoms with Gasteiger partial charge in [0.1, 0.15) is 0 Å². The van der Waals surface area contributed by atoms with E-state index in [9.17, 15) is 19.7 Å². The second-order valence-electron chi connectivity index (χ2n) is 6.31. The number of carbonyl (C=O) groups excluding carboxylic acids is 2. The fourth-order valence-electron chi connectivity index (χ4n) is 3.08. The molecular formula is C19H20N4O5. The zero-order valence-electron chi connectivity index (χ0n) is 15.4. The number of hydrogen-bond donors (Lipinski definition) is 0. The Morgan fingerprint density at radius 1 is 1.14 bits per heavy atom. The van der Waals surface area contributed by atoms with Crippen LogP contribution in [0.25, 0.3) is 0 Å². The molecule has 1 fully saturated rings. The average molecular weight is 384 g/mol. The Kier molecular flexibility index (Phi) is 5.83. The van der Waals surface area contributed by atoms with Crippen LogP contribution >= 0.6 is 0 Å². The molecule has 3 rings (SSSR count). The van der Waals surface area contributed by atoms with Gasteiger partial charge in [-0.05, 0) is 24.3 Å². The Labute approximate surface area is 161 Å². The van der Waals surface area contributed by atoms with Crippen molar-refractivity contribution in [1.29, 1.82) is 0 Å². The minimum Gasteiger partial charge on any atom is -0.490 e. The van der Waals surface area contributed by atoms with E-state index in [1.165, 1.54) is 25.3 Å². The number of ether oxygens (including phenoxy) is 1. The van der Waals surface area contributed by atoms with Crippen LogP contribution in [0.4, 0.5) is 5.69 Å². The molecule has 1 aliphatic heterocycles. The Morgan fingerprint density at radius 2 is 1.86 bits per heavy atom. The van der Waals surface area contributed by atoms with Gasteiger partial charge in [-0.15, -0.1) is 0 Å². The molecule has 28 heavy (non-hydrogen) atoms. The molecule has 0 unspecified atom stereocenters. The third-order valence-corrected chi connectivity index (χ3v) is 4.60. The topological polar surface area (TPSA) is 106 Å². The number of carbonyl (C=O) groups is 2. The van der Waals surface area contributed by atoms with Crippen molar-refractivity contribution in [3.05, 3.63) is 64.0 Å². The summed E-state index contributed by atoms with van der Waals surface area (Å²) in [6, 6.07) is 9.57. The molecule has 9 nitrogen and oxygen atoms in total. The summed E-state index contributed by atoms with van der Waals surface area (Å²) in [5.74, 6) is -0.236. The molecule has 0 bridgehead atoms. The number of pyridine rings is 1. The van der Waals surface area contributed by atoms with E-state index in [1.54, 1.807) is 28.1 Å². The van der Waals surface area contributed by atoms with E-state index in [2.05, 4.69) is 4.98 Å². The first-order chi connectivity index (χ1) is 13.5. The Balaban J connectivity index is 1.61. The largest absolute Gasteiger partial charge is 0.490 e. The highest BCUT2D eigenvalue weighted by Crippen LogP contribution is 2.28. The first-order valence-corrected chi connectivity index (χ1v) is 8.79. The highest BCUT2D eigenvalue weighted by atomic mass is 16.6. The molecule has 2 heterocycles. The van der Waals surface area contributed by atoms with E-state index in [4.69, 9.17) is 4.74 Å². The number of benzene rings is 1. The first kappa shape index (κ1) is 19.3. The van der Waals surface area contributed by atoms with Gasteiger partial charge in [-0.2, -0.15) is 0 Å². The number of piperazine rings is 1. The number of nitro groups is 1. The minimum absolute atomic E-state index is 0.0362. The van der Waals surface area contributed by atoms with Crippen molar-refractivity contribution in [3.63, 3.8) is 0 Å². The van der Waals surface area contributed by atoms with E-state index in [0.29, 0.717) is 31.9 Å². The summed E-state index contributed by atoms with van der Waals surface area (Å²) >= 11 is 0. The van der Waals surface area contributed by atoms with Crippen LogP contribution < -0.4 is 4.74 Å². The zero-order chi connectivity index (χ0) is 20.1. The lowest BCUT2D eigenvalue weighted by Crippen LogP contribution is -2.51. The minimum atomic E-state index is -0.580. The molecule has 0 radical (unpaired) electrons. The fourth-order valence-corrected chi connectivity index (χ4v) is 3.08. The SMILES string of the molecule is COc1ccc(C(=O)N2CCN(C(=O)Cc3ccccn3)CC2)cc1[N+](=O)[O-]. The molecule has 1 aromatic carbocycles. The van der Waals surface area contributed by atoms with Gasteiger partial charge in [0.05, 0.1) is 18.5 Å². The van der Waals surface area contributed by atoms with Gasteiger partial charge in [-0.1, -0.05) is 6.07 Å². The molecule has 2 aromatic rings. The highest BCUT2D eigenvalue weighted by molar-refractivity contribution is 5.95. The Bertz CT molecular complexity index is 879. The van der Waals surface area contributed by atoms with Crippen LogP contribution in [0.15, 0.2) is 42.6 Å². The summed E-state index contributed by atoms with van der Waals surface area (Å²) in [7, 11) is 1.34. The lowest BCUT2D eigenvalue weighted by Gasteiger charge is -2.34. The van der Waals surface area contributed by atoms with Crippen LogP contribution in [-0.2, 0) is 11.2 Å². The van der Waals surface area contributed by atoms with Crippen molar-refractivity contribution in [2.75, 3.05) is 33.3 Å². The standard InChI is InChI=1S/C19H20N4O5/c1-28-17-6-5-14(12-16(17)23(26)27)19(25)22-10-8-21(9-11-22)18(24)13-15-4-2-3-7-20-15/h2-7,12H,8-11,13H2,1H3. The quantitative estimate of drug-likeness (QED) is 0.572. The predicted molar refractivity (Wildman–Crippen MR) is 100 cm³/mol. The van der Waals surface area contributed by atoms with Crippen LogP contribution in [0.2, 0.25) is 0 Å². The van der Waals surface area contributed by atoms with Crippen molar-refractivity contribution in [2.24, 2.45) is 0 Å². The second-order valence-corrected chi connectivity index (χ2v) is 6.31. The molecule has 1 saturated heterocycles. The van der Waals surface area contributed by atoms with Crippen molar-refractivity contribution in [2.45, 2.75) is 6.42 Å². The van der Waals surface area contributed by atoms with E-state index in [1.807, 2.05) is 6.07 Å². The lowest BCUT2D eigenvalue weighted by molar-refractivity contribution is -0.385. The van der Waals surface area contributed by atoms with Crippen molar-refractivity contribution in [1.82, 2.24) is 14.8 Å². The van der Waals surface area contributed by atoms with Crippen LogP contribution in [-0.4, -0.2) is 64.8 Å². The maximum absolute atomic E-state index is 12.7. The van der Waals surface area contributed by atoms with E-state index >= 15 is 0 Å². The van der Waals surface area contributed by atoms with Gasteiger partial charge >= 0.3 is 5.69 Å². The number of methoxy groups -OCH3 is 1. The number of rotatable bonds is 5. The van der Waals surface area contributed by atoms with Gasteiger partial charge in [0, 0.05) is 49.7 Å². The van der Waals surface area contributed by atoms with Crippen LogP contribution in [0.5, 0.6) is 5.75 Å². The van der Waals surface area contributed by atoms with E-state index < -0.39 is 4.92 Å². The number of nitro benzene ring substituents is 1. The monoisotopic (exact) mass is 384 g/mol. The van der Waals surface area contributed by atoms with Gasteiger partial charge in [-0.25, -0.2) is 0 Å². The maximum atomic E-state index is 12.7. The molecule has 0 spiro atoms. The number of amides is 2. The van der Waals surface area contributed by atoms with Crippen molar-refractivity contribution in [3.8, 4) is 5.75 Å². The molecule has 9 heteroatoms. The zero-order valence-corrected chi connectivity index (χ0v) is 15.4. The highest BCUT2D eigenvalue weighted by Gasteiger charge is 2.26. The fraction of sp³-hybridized carbons (Fsp3) is 0.316. The summed E-state index contributed by atoms with van der Waals surface area (Å²) < 4.78 is 4.96. The molecule has 1 aromatic heterocycles. The van der Waals surface area contributed by atoms with E-state index in [0.717, 1.165) is 0 Å². The third-order valence-electron chi connectivity index (χ3n) is 4.60. The molecule has 0 atom stereocenters. The van der Waals surface area contributed by atoms with Gasteiger partial charge in [-0.3, -0.25) is 24.7 Å². The molecule has 1 aliphatic rings. The van der Waals surface area contributed by atoms with E-state index in [-0.39, 0.29) is 35.2 Å². The second kappa shape index (κ2) is 8.47. The van der Waals surface area contributed by atoms with Crippen molar-refractivity contribution >= 4 is 17.5 Å². The number of hydrogen-bond acceptors (Lipinski definition) is 6. The third kappa shape index (κ3) is 4.25. The summed E-state index contributed by atoms with van der Waals surface area (Å²) in [5, 5.41) is 11.2. The summed E-state index contributed by atoms with van der Waals surface area (Å²) in [6.45, 7) is 1.56. The van der Waals surface area contributed by atoms with Crippen molar-refractivity contribution < 1.29 is 19.2 Å². The Morgan fingerprint density at radius 3 is 2.46 bits per heavy atom. The van der Waals surface area contributed by atoms with Gasteiger partial charge in [0.15, 0.2) is 5.75 Å². The molecular weight excluding hydrogens is 364 g/mol. The lowest BCUT2D eigenvalue weighted by atomic mass is 10.1. The molecule has 0 N–H and O–H groups in total. The van der Waals surface area contributed by atoms with Gasteiger partial charge < -0.3 is 14.5 Å². The Hall–Kier alpha value is -3.49. The average Bonchev–Trinajstić information content (AvgIpc) is 2.73. The summed E-state index contributed by atoms with van der Waals surface area (Å²) in [6.07, 6.45) is 1.87. The predicted octanol–water partition coefficient (Wildman–Crippen LogP) is 1.53. The number of aromatic nitrogens is 1. The smallest absolute Gasteiger partial charge is 0.311 e. The molecule has 146 valence electrons. The molecule has 0 saturated carbocycles. The number of nitrogens with zero attached hydrogens (tertiary/aromatic N) is 4. The summed E-state index contributed by atoms with van der Waals surface area (Å²) in [4.78, 5) is 43.1. The molecule has 0 aliphatic carbocycles. The molecule has 2 amide bonds. The van der Waals surface area contributed by atoms with Crippen LogP contribution in [0.3, 0.4) is 0 Å².